The summed E-state index contributed by atoms with van der Waals surface area (Å²) in [4.78, 5) is 0. The third-order valence-electron chi connectivity index (χ3n) is 5.47. The Hall–Kier alpha value is -0.866. The molecule has 0 aromatic heterocycles. The number of benzene rings is 2. The summed E-state index contributed by atoms with van der Waals surface area (Å²) < 4.78 is 0.475. The van der Waals surface area contributed by atoms with Crippen molar-refractivity contribution in [2.75, 3.05) is 0 Å². The fourth-order valence-corrected chi connectivity index (χ4v) is 17.2. The van der Waals surface area contributed by atoms with Crippen LogP contribution in [0.25, 0.3) is 10.8 Å². The lowest BCUT2D eigenvalue weighted by molar-refractivity contribution is 0.793. The first-order valence-corrected chi connectivity index (χ1v) is 14.7. The maximum atomic E-state index is 2.58. The second kappa shape index (κ2) is 4.08. The molecule has 0 aliphatic heterocycles. The van der Waals surface area contributed by atoms with Gasteiger partial charge in [-0.05, 0) is 33.0 Å². The molecule has 106 valence electrons. The highest BCUT2D eigenvalue weighted by Gasteiger charge is 2.56. The van der Waals surface area contributed by atoms with Gasteiger partial charge in [0.1, 0.15) is 0 Å². The summed E-state index contributed by atoms with van der Waals surface area (Å²) in [5.41, 5.74) is 3.28. The molecule has 1 aliphatic carbocycles. The number of hydrogen-bond acceptors (Lipinski definition) is 0. The molecule has 0 spiro atoms. The predicted molar refractivity (Wildman–Crippen MR) is 96.0 cm³/mol. The second-order valence-corrected chi connectivity index (χ2v) is 19.6. The quantitative estimate of drug-likeness (QED) is 0.652. The summed E-state index contributed by atoms with van der Waals surface area (Å²) >= 11 is 0. The molecule has 20 heavy (non-hydrogen) atoms. The molecule has 0 heterocycles. The van der Waals surface area contributed by atoms with Crippen LogP contribution in [-0.2, 0) is 11.1 Å². The molecule has 2 aromatic carbocycles. The highest BCUT2D eigenvalue weighted by atomic mass is 28.4. The lowest BCUT2D eigenvalue weighted by atomic mass is 10.1. The minimum Gasteiger partial charge on any atom is -0.0691 e. The van der Waals surface area contributed by atoms with E-state index in [0.29, 0.717) is 4.66 Å². The third-order valence-corrected chi connectivity index (χ3v) is 16.0. The summed E-state index contributed by atoms with van der Waals surface area (Å²) in [6.45, 7) is 15.5. The molecule has 2 heteroatoms. The lowest BCUT2D eigenvalue weighted by Gasteiger charge is -2.50. The largest absolute Gasteiger partial charge is 0.0691 e. The molecule has 0 nitrogen and oxygen atoms in total. The van der Waals surface area contributed by atoms with Crippen LogP contribution in [0.3, 0.4) is 0 Å². The Kier molecular flexibility index (Phi) is 2.87. The molecule has 0 bridgehead atoms. The summed E-state index contributed by atoms with van der Waals surface area (Å²) in [5.74, 6) is 0. The maximum Gasteiger partial charge on any atom is 0.0532 e. The van der Waals surface area contributed by atoms with Crippen LogP contribution in [0.2, 0.25) is 39.3 Å². The van der Waals surface area contributed by atoms with E-state index in [9.17, 15) is 0 Å². The molecule has 0 radical (unpaired) electrons. The lowest BCUT2D eigenvalue weighted by Crippen LogP contribution is -2.63. The molecule has 1 aliphatic rings. The van der Waals surface area contributed by atoms with Gasteiger partial charge in [0, 0.05) is 0 Å². The fraction of sp³-hybridized carbons (Fsp3) is 0.444. The number of hydrogen-bond donors (Lipinski definition) is 0. The summed E-state index contributed by atoms with van der Waals surface area (Å²) in [7, 11) is -2.64. The van der Waals surface area contributed by atoms with Crippen LogP contribution in [0.1, 0.15) is 11.1 Å². The van der Waals surface area contributed by atoms with E-state index in [2.05, 4.69) is 75.7 Å². The Morgan fingerprint density at radius 2 is 1.35 bits per heavy atom. The van der Waals surface area contributed by atoms with Crippen LogP contribution < -0.4 is 0 Å². The van der Waals surface area contributed by atoms with Gasteiger partial charge in [0.25, 0.3) is 0 Å². The average molecular weight is 299 g/mol. The van der Waals surface area contributed by atoms with E-state index < -0.39 is 16.1 Å². The molecule has 0 amide bonds. The molecule has 0 atom stereocenters. The van der Waals surface area contributed by atoms with Gasteiger partial charge in [-0.25, -0.2) is 0 Å². The first-order valence-electron chi connectivity index (χ1n) is 7.70. The van der Waals surface area contributed by atoms with Crippen LogP contribution in [0.4, 0.5) is 0 Å². The molecule has 0 N–H and O–H groups in total. The zero-order valence-corrected chi connectivity index (χ0v) is 15.7. The van der Waals surface area contributed by atoms with E-state index in [0.717, 1.165) is 0 Å². The van der Waals surface area contributed by atoms with Crippen LogP contribution in [0.5, 0.6) is 0 Å². The summed E-state index contributed by atoms with van der Waals surface area (Å²) in [6, 6.07) is 13.9. The monoisotopic (exact) mass is 298 g/mol. The molecular formula is C18H26Si2. The van der Waals surface area contributed by atoms with Crippen LogP contribution in [0, 0.1) is 0 Å². The second-order valence-electron chi connectivity index (χ2n) is 8.40. The summed E-state index contributed by atoms with van der Waals surface area (Å²) in [6.07, 6.45) is 1.29. The average Bonchev–Trinajstić information content (AvgIpc) is 2.67. The van der Waals surface area contributed by atoms with E-state index in [1.807, 2.05) is 0 Å². The highest BCUT2D eigenvalue weighted by molar-refractivity contribution is 6.98. The summed E-state index contributed by atoms with van der Waals surface area (Å²) in [5, 5.41) is 3.03. The van der Waals surface area contributed by atoms with E-state index in [4.69, 9.17) is 0 Å². The molecule has 2 aromatic rings. The van der Waals surface area contributed by atoms with E-state index in [1.54, 1.807) is 16.5 Å². The standard InChI is InChI=1S/C18H26Si2/c1-19(2,3)18(20(4,5)6)13-15-11-7-9-14-10-8-12-16(18)17(14)15/h7-12H,13H2,1-6H3. The van der Waals surface area contributed by atoms with Gasteiger partial charge in [-0.1, -0.05) is 75.7 Å². The fourth-order valence-electron chi connectivity index (χ4n) is 4.77. The van der Waals surface area contributed by atoms with Gasteiger partial charge in [-0.2, -0.15) is 0 Å². The molecular weight excluding hydrogens is 272 g/mol. The smallest absolute Gasteiger partial charge is 0.0532 e. The van der Waals surface area contributed by atoms with Gasteiger partial charge in [0.2, 0.25) is 0 Å². The van der Waals surface area contributed by atoms with E-state index >= 15 is 0 Å². The molecule has 0 unspecified atom stereocenters. The highest BCUT2D eigenvalue weighted by Crippen LogP contribution is 2.52. The Labute approximate surface area is 125 Å². The van der Waals surface area contributed by atoms with Crippen molar-refractivity contribution < 1.29 is 0 Å². The van der Waals surface area contributed by atoms with Gasteiger partial charge >= 0.3 is 0 Å². The van der Waals surface area contributed by atoms with Crippen molar-refractivity contribution in [2.45, 2.75) is 50.4 Å². The molecule has 3 rings (SSSR count). The topological polar surface area (TPSA) is 0 Å². The van der Waals surface area contributed by atoms with Crippen LogP contribution in [-0.4, -0.2) is 16.1 Å². The van der Waals surface area contributed by atoms with Crippen molar-refractivity contribution >= 4 is 26.9 Å². The van der Waals surface area contributed by atoms with E-state index in [1.165, 1.54) is 11.8 Å². The minimum absolute atomic E-state index is 0.475. The van der Waals surface area contributed by atoms with Crippen molar-refractivity contribution in [1.82, 2.24) is 0 Å². The SMILES string of the molecule is C[Si](C)(C)C1([Si](C)(C)C)Cc2cccc3cccc1c23. The molecule has 0 saturated heterocycles. The predicted octanol–water partition coefficient (Wildman–Crippen LogP) is 5.39. The number of rotatable bonds is 2. The normalized spacial score (nSPS) is 17.7. The Morgan fingerprint density at radius 3 is 1.90 bits per heavy atom. The van der Waals surface area contributed by atoms with Gasteiger partial charge in [0.05, 0.1) is 16.1 Å². The van der Waals surface area contributed by atoms with Gasteiger partial charge in [-0.3, -0.25) is 0 Å². The maximum absolute atomic E-state index is 2.58. The van der Waals surface area contributed by atoms with Crippen LogP contribution >= 0.6 is 0 Å². The first-order chi connectivity index (χ1) is 9.18. The minimum atomic E-state index is -1.32. The van der Waals surface area contributed by atoms with Crippen molar-refractivity contribution in [3.05, 3.63) is 47.5 Å². The first kappa shape index (κ1) is 14.1. The van der Waals surface area contributed by atoms with Crippen LogP contribution in [0.15, 0.2) is 36.4 Å². The third kappa shape index (κ3) is 1.64. The molecule has 0 fully saturated rings. The zero-order chi connectivity index (χ0) is 14.8. The van der Waals surface area contributed by atoms with Gasteiger partial charge in [0.15, 0.2) is 0 Å². The van der Waals surface area contributed by atoms with Crippen molar-refractivity contribution in [3.63, 3.8) is 0 Å². The Balaban J connectivity index is 2.42. The van der Waals surface area contributed by atoms with Crippen molar-refractivity contribution in [3.8, 4) is 0 Å². The zero-order valence-electron chi connectivity index (χ0n) is 13.7. The van der Waals surface area contributed by atoms with Gasteiger partial charge < -0.3 is 0 Å². The Bertz CT molecular complexity index is 653. The van der Waals surface area contributed by atoms with Crippen molar-refractivity contribution in [2.24, 2.45) is 0 Å². The van der Waals surface area contributed by atoms with Gasteiger partial charge in [-0.15, -0.1) is 0 Å². The molecule has 0 saturated carbocycles. The van der Waals surface area contributed by atoms with Crippen molar-refractivity contribution in [1.29, 1.82) is 0 Å². The Morgan fingerprint density at radius 1 is 0.800 bits per heavy atom. The van der Waals surface area contributed by atoms with E-state index in [-0.39, 0.29) is 0 Å².